The van der Waals surface area contributed by atoms with Crippen molar-refractivity contribution in [3.05, 3.63) is 35.9 Å². The van der Waals surface area contributed by atoms with Gasteiger partial charge >= 0.3 is 0 Å². The Morgan fingerprint density at radius 3 is 2.32 bits per heavy atom. The third-order valence-electron chi connectivity index (χ3n) is 4.36. The predicted octanol–water partition coefficient (Wildman–Crippen LogP) is 2.12. The van der Waals surface area contributed by atoms with Crippen molar-refractivity contribution < 1.29 is 23.8 Å². The van der Waals surface area contributed by atoms with Crippen molar-refractivity contribution in [2.75, 3.05) is 26.3 Å². The third-order valence-corrected chi connectivity index (χ3v) is 4.36. The van der Waals surface area contributed by atoms with Gasteiger partial charge in [-0.15, -0.1) is 0 Å². The van der Waals surface area contributed by atoms with E-state index < -0.39 is 23.4 Å². The normalized spacial score (nSPS) is 22.6. The van der Waals surface area contributed by atoms with Gasteiger partial charge in [0.2, 0.25) is 5.91 Å². The highest BCUT2D eigenvalue weighted by Gasteiger charge is 2.34. The van der Waals surface area contributed by atoms with Gasteiger partial charge in [0.05, 0.1) is 13.2 Å². The van der Waals surface area contributed by atoms with Crippen LogP contribution in [0.25, 0.3) is 0 Å². The molecule has 7 heteroatoms. The first-order chi connectivity index (χ1) is 13.1. The lowest BCUT2D eigenvalue weighted by Gasteiger charge is -2.38. The molecule has 28 heavy (non-hydrogen) atoms. The van der Waals surface area contributed by atoms with Crippen molar-refractivity contribution in [1.82, 2.24) is 10.6 Å². The fourth-order valence-electron chi connectivity index (χ4n) is 2.78. The van der Waals surface area contributed by atoms with Crippen LogP contribution in [0.15, 0.2) is 30.3 Å². The molecular formula is C21H32N2O5. The minimum atomic E-state index is -0.821. The van der Waals surface area contributed by atoms with Crippen molar-refractivity contribution in [2.45, 2.75) is 52.6 Å². The molecule has 1 saturated heterocycles. The fraction of sp³-hybridized carbons (Fsp3) is 0.619. The molecule has 0 aromatic heterocycles. The molecule has 0 saturated carbocycles. The van der Waals surface area contributed by atoms with Crippen LogP contribution in [0.5, 0.6) is 0 Å². The number of hydrogen-bond acceptors (Lipinski definition) is 5. The molecule has 2 amide bonds. The van der Waals surface area contributed by atoms with Crippen molar-refractivity contribution in [1.29, 1.82) is 0 Å². The Morgan fingerprint density at radius 2 is 1.68 bits per heavy atom. The zero-order chi connectivity index (χ0) is 20.8. The van der Waals surface area contributed by atoms with Crippen molar-refractivity contribution in [3.63, 3.8) is 0 Å². The van der Waals surface area contributed by atoms with E-state index in [4.69, 9.17) is 14.2 Å². The maximum Gasteiger partial charge on any atom is 0.251 e. The van der Waals surface area contributed by atoms with Crippen LogP contribution in [-0.4, -0.2) is 56.1 Å². The lowest BCUT2D eigenvalue weighted by Crippen LogP contribution is -2.53. The summed E-state index contributed by atoms with van der Waals surface area (Å²) in [6.07, 6.45) is -0.895. The zero-order valence-electron chi connectivity index (χ0n) is 17.4. The number of rotatable bonds is 5. The van der Waals surface area contributed by atoms with E-state index in [2.05, 4.69) is 10.6 Å². The molecule has 1 aromatic rings. The summed E-state index contributed by atoms with van der Waals surface area (Å²) in [5, 5.41) is 5.81. The summed E-state index contributed by atoms with van der Waals surface area (Å²) in [5.41, 5.74) is 0.0735. The lowest BCUT2D eigenvalue weighted by atomic mass is 9.95. The van der Waals surface area contributed by atoms with Gasteiger partial charge in [-0.05, 0) is 26.0 Å². The monoisotopic (exact) mass is 392 g/mol. The van der Waals surface area contributed by atoms with Gasteiger partial charge in [-0.25, -0.2) is 0 Å². The second-order valence-corrected chi connectivity index (χ2v) is 8.35. The van der Waals surface area contributed by atoms with Gasteiger partial charge in [0.25, 0.3) is 5.91 Å². The molecule has 156 valence electrons. The van der Waals surface area contributed by atoms with Crippen molar-refractivity contribution >= 4 is 11.8 Å². The Kier molecular flexibility index (Phi) is 7.57. The van der Waals surface area contributed by atoms with Crippen LogP contribution >= 0.6 is 0 Å². The molecule has 1 aliphatic heterocycles. The standard InChI is InChI=1S/C21H32N2O5/c1-20(2,3)19(25)23-13-16-17(28-21(4,5)27-12-11-26-16)14-22-18(24)15-9-7-6-8-10-15/h6-10,16-17H,11-14H2,1-5H3,(H,22,24)(H,23,25)/t16-,17+/m1/s1. The van der Waals surface area contributed by atoms with Crippen LogP contribution in [0.1, 0.15) is 45.0 Å². The highest BCUT2D eigenvalue weighted by Crippen LogP contribution is 2.20. The summed E-state index contributed by atoms with van der Waals surface area (Å²) in [4.78, 5) is 24.6. The first kappa shape index (κ1) is 22.3. The molecule has 2 N–H and O–H groups in total. The highest BCUT2D eigenvalue weighted by molar-refractivity contribution is 5.94. The number of carbonyl (C=O) groups excluding carboxylic acids is 2. The van der Waals surface area contributed by atoms with Crippen LogP contribution in [0.3, 0.4) is 0 Å². The molecule has 1 heterocycles. The van der Waals surface area contributed by atoms with E-state index in [0.29, 0.717) is 18.8 Å². The number of ether oxygens (including phenoxy) is 3. The zero-order valence-corrected chi connectivity index (χ0v) is 17.4. The van der Waals surface area contributed by atoms with Gasteiger partial charge in [0.1, 0.15) is 12.2 Å². The minimum absolute atomic E-state index is 0.0688. The molecule has 1 fully saturated rings. The number of carbonyl (C=O) groups is 2. The smallest absolute Gasteiger partial charge is 0.251 e. The fourth-order valence-corrected chi connectivity index (χ4v) is 2.78. The average molecular weight is 392 g/mol. The van der Waals surface area contributed by atoms with E-state index in [0.717, 1.165) is 0 Å². The van der Waals surface area contributed by atoms with Gasteiger partial charge in [0, 0.05) is 24.1 Å². The molecule has 1 aromatic carbocycles. The first-order valence-electron chi connectivity index (χ1n) is 9.63. The van der Waals surface area contributed by atoms with Gasteiger partial charge in [-0.2, -0.15) is 0 Å². The Morgan fingerprint density at radius 1 is 1.04 bits per heavy atom. The second-order valence-electron chi connectivity index (χ2n) is 8.35. The van der Waals surface area contributed by atoms with Crippen LogP contribution in [0, 0.1) is 5.41 Å². The summed E-state index contributed by atoms with van der Waals surface area (Å²) in [6, 6.07) is 8.98. The van der Waals surface area contributed by atoms with Crippen molar-refractivity contribution in [2.24, 2.45) is 5.41 Å². The topological polar surface area (TPSA) is 85.9 Å². The Bertz CT molecular complexity index is 655. The lowest BCUT2D eigenvalue weighted by molar-refractivity contribution is -0.277. The molecule has 0 bridgehead atoms. The van der Waals surface area contributed by atoms with Crippen LogP contribution in [0.2, 0.25) is 0 Å². The van der Waals surface area contributed by atoms with E-state index in [9.17, 15) is 9.59 Å². The molecule has 0 aliphatic carbocycles. The van der Waals surface area contributed by atoms with E-state index in [-0.39, 0.29) is 24.9 Å². The molecule has 0 radical (unpaired) electrons. The number of hydrogen-bond donors (Lipinski definition) is 2. The Balaban J connectivity index is 2.05. The highest BCUT2D eigenvalue weighted by atomic mass is 16.7. The second kappa shape index (κ2) is 9.49. The molecule has 2 rings (SSSR count). The maximum absolute atomic E-state index is 12.4. The van der Waals surface area contributed by atoms with Gasteiger partial charge in [0.15, 0.2) is 5.79 Å². The molecule has 2 atom stereocenters. The van der Waals surface area contributed by atoms with E-state index in [1.165, 1.54) is 0 Å². The van der Waals surface area contributed by atoms with Crippen molar-refractivity contribution in [3.8, 4) is 0 Å². The molecule has 7 nitrogen and oxygen atoms in total. The van der Waals surface area contributed by atoms with Crippen LogP contribution in [-0.2, 0) is 19.0 Å². The number of amides is 2. The predicted molar refractivity (Wildman–Crippen MR) is 106 cm³/mol. The van der Waals surface area contributed by atoms with E-state index in [1.807, 2.05) is 52.8 Å². The third kappa shape index (κ3) is 6.89. The van der Waals surface area contributed by atoms with Gasteiger partial charge in [-0.1, -0.05) is 39.0 Å². The number of benzene rings is 1. The van der Waals surface area contributed by atoms with Crippen LogP contribution < -0.4 is 10.6 Å². The SMILES string of the molecule is CC1(C)OCCO[C@H](CNC(=O)C(C)(C)C)[C@H](CNC(=O)c2ccccc2)O1. The summed E-state index contributed by atoms with van der Waals surface area (Å²) < 4.78 is 17.6. The maximum atomic E-state index is 12.4. The molecule has 1 aliphatic rings. The van der Waals surface area contributed by atoms with E-state index >= 15 is 0 Å². The first-order valence-corrected chi connectivity index (χ1v) is 9.63. The summed E-state index contributed by atoms with van der Waals surface area (Å²) in [7, 11) is 0. The Labute approximate surface area is 167 Å². The van der Waals surface area contributed by atoms with Crippen LogP contribution in [0.4, 0.5) is 0 Å². The summed E-state index contributed by atoms with van der Waals surface area (Å²) in [5.74, 6) is -1.08. The molecular weight excluding hydrogens is 360 g/mol. The summed E-state index contributed by atoms with van der Waals surface area (Å²) >= 11 is 0. The van der Waals surface area contributed by atoms with Gasteiger partial charge < -0.3 is 24.8 Å². The van der Waals surface area contributed by atoms with E-state index in [1.54, 1.807) is 12.1 Å². The Hall–Kier alpha value is -1.96. The minimum Gasteiger partial charge on any atom is -0.371 e. The largest absolute Gasteiger partial charge is 0.371 e. The molecule has 0 unspecified atom stereocenters. The molecule has 0 spiro atoms. The van der Waals surface area contributed by atoms with Gasteiger partial charge in [-0.3, -0.25) is 9.59 Å². The summed E-state index contributed by atoms with van der Waals surface area (Å²) in [6.45, 7) is 10.5. The average Bonchev–Trinajstić information content (AvgIpc) is 2.62. The quantitative estimate of drug-likeness (QED) is 0.802. The number of nitrogens with one attached hydrogen (secondary N) is 2.